The molecule has 1 fully saturated rings. The fourth-order valence-electron chi connectivity index (χ4n) is 5.58. The van der Waals surface area contributed by atoms with E-state index in [0.29, 0.717) is 55.3 Å². The van der Waals surface area contributed by atoms with E-state index < -0.39 is 28.4 Å². The van der Waals surface area contributed by atoms with Gasteiger partial charge in [0.05, 0.1) is 35.4 Å². The number of hydrogen-bond acceptors (Lipinski definition) is 6. The summed E-state index contributed by atoms with van der Waals surface area (Å²) in [5, 5.41) is 4.33. The quantitative estimate of drug-likeness (QED) is 0.190. The Balaban J connectivity index is 1.49. The molecule has 44 heavy (non-hydrogen) atoms. The molecule has 5 aromatic rings. The van der Waals surface area contributed by atoms with Gasteiger partial charge in [0.2, 0.25) is 5.43 Å². The third-order valence-electron chi connectivity index (χ3n) is 8.40. The van der Waals surface area contributed by atoms with Crippen molar-refractivity contribution in [1.29, 1.82) is 0 Å². The molecule has 0 aliphatic carbocycles. The van der Waals surface area contributed by atoms with Gasteiger partial charge in [0.25, 0.3) is 5.89 Å². The number of aromatic nitrogens is 3. The molecule has 3 aromatic carbocycles. The number of benzene rings is 3. The maximum absolute atomic E-state index is 15.5. The van der Waals surface area contributed by atoms with E-state index in [1.807, 2.05) is 49.1 Å². The van der Waals surface area contributed by atoms with Gasteiger partial charge in [-0.25, -0.2) is 4.39 Å². The Bertz CT molecular complexity index is 1850. The first-order valence-electron chi connectivity index (χ1n) is 14.3. The average Bonchev–Trinajstić information content (AvgIpc) is 3.53. The summed E-state index contributed by atoms with van der Waals surface area (Å²) in [4.78, 5) is 20.3. The third-order valence-corrected chi connectivity index (χ3v) is 8.40. The second kappa shape index (κ2) is 11.5. The number of nitrogens with zero attached hydrogens (tertiary/aromatic N) is 4. The standard InChI is InChI=1S/C33H30F4N4O3/c1-3-32(2,22-7-5-4-6-8-22)31-38-30(44-39-31)25-20-41(19-21-9-11-23(12-10-21)33(35,36)37)27-18-28(40-13-15-43-16-14-40)26(34)17-24(27)29(25)42/h4-12,17-18,20H,3,13-16,19H2,1-2H3. The van der Waals surface area contributed by atoms with Crippen LogP contribution >= 0.6 is 0 Å². The van der Waals surface area contributed by atoms with Crippen LogP contribution in [0.4, 0.5) is 23.2 Å². The Morgan fingerprint density at radius 3 is 2.32 bits per heavy atom. The molecule has 0 radical (unpaired) electrons. The lowest BCUT2D eigenvalue weighted by Crippen LogP contribution is -2.36. The summed E-state index contributed by atoms with van der Waals surface area (Å²) in [6.07, 6.45) is -2.27. The van der Waals surface area contributed by atoms with Gasteiger partial charge in [0.1, 0.15) is 11.4 Å². The van der Waals surface area contributed by atoms with Crippen LogP contribution in [0.15, 0.2) is 82.2 Å². The first-order chi connectivity index (χ1) is 21.1. The molecule has 1 saturated heterocycles. The molecule has 2 aromatic heterocycles. The predicted molar refractivity (Wildman–Crippen MR) is 158 cm³/mol. The fourth-order valence-corrected chi connectivity index (χ4v) is 5.58. The molecule has 0 N–H and O–H groups in total. The lowest BCUT2D eigenvalue weighted by Gasteiger charge is -2.29. The van der Waals surface area contributed by atoms with E-state index in [0.717, 1.165) is 17.7 Å². The summed E-state index contributed by atoms with van der Waals surface area (Å²) in [5.74, 6) is -0.200. The number of anilines is 1. The van der Waals surface area contributed by atoms with Crippen molar-refractivity contribution in [3.63, 3.8) is 0 Å². The molecule has 228 valence electrons. The third kappa shape index (κ3) is 5.47. The van der Waals surface area contributed by atoms with Crippen LogP contribution in [0.1, 0.15) is 42.8 Å². The molecule has 0 saturated carbocycles. The highest BCUT2D eigenvalue weighted by molar-refractivity contribution is 5.86. The largest absolute Gasteiger partial charge is 0.416 e. The van der Waals surface area contributed by atoms with Crippen molar-refractivity contribution in [2.45, 2.75) is 38.4 Å². The van der Waals surface area contributed by atoms with Crippen LogP contribution in [0.3, 0.4) is 0 Å². The van der Waals surface area contributed by atoms with Gasteiger partial charge < -0.3 is 18.7 Å². The van der Waals surface area contributed by atoms with Gasteiger partial charge in [-0.3, -0.25) is 4.79 Å². The molecular formula is C33H30F4N4O3. The van der Waals surface area contributed by atoms with Crippen molar-refractivity contribution in [2.24, 2.45) is 0 Å². The minimum absolute atomic E-state index is 0.0265. The van der Waals surface area contributed by atoms with E-state index in [2.05, 4.69) is 10.1 Å². The van der Waals surface area contributed by atoms with E-state index >= 15 is 4.39 Å². The zero-order valence-electron chi connectivity index (χ0n) is 24.2. The molecule has 3 heterocycles. The summed E-state index contributed by atoms with van der Waals surface area (Å²) >= 11 is 0. The van der Waals surface area contributed by atoms with Gasteiger partial charge in [0, 0.05) is 31.2 Å². The topological polar surface area (TPSA) is 73.4 Å². The minimum Gasteiger partial charge on any atom is -0.378 e. The highest BCUT2D eigenvalue weighted by Crippen LogP contribution is 2.35. The highest BCUT2D eigenvalue weighted by Gasteiger charge is 2.33. The fraction of sp³-hybridized carbons (Fsp3) is 0.303. The van der Waals surface area contributed by atoms with Crippen molar-refractivity contribution >= 4 is 16.6 Å². The normalized spacial score (nSPS) is 15.5. The molecule has 7 nitrogen and oxygen atoms in total. The number of halogens is 4. The number of morpholine rings is 1. The van der Waals surface area contributed by atoms with Crippen molar-refractivity contribution < 1.29 is 26.8 Å². The van der Waals surface area contributed by atoms with Gasteiger partial charge in [-0.15, -0.1) is 0 Å². The van der Waals surface area contributed by atoms with Crippen LogP contribution in [0, 0.1) is 5.82 Å². The molecule has 1 unspecified atom stereocenters. The second-order valence-corrected chi connectivity index (χ2v) is 11.1. The average molecular weight is 607 g/mol. The maximum Gasteiger partial charge on any atom is 0.416 e. The SMILES string of the molecule is CCC(C)(c1ccccc1)c1noc(-c2cn(Cc3ccc(C(F)(F)F)cc3)c3cc(N4CCOCC4)c(F)cc3c2=O)n1. The Kier molecular flexibility index (Phi) is 7.75. The smallest absolute Gasteiger partial charge is 0.378 e. The van der Waals surface area contributed by atoms with E-state index in [-0.39, 0.29) is 23.4 Å². The van der Waals surface area contributed by atoms with Crippen molar-refractivity contribution in [2.75, 3.05) is 31.2 Å². The van der Waals surface area contributed by atoms with Gasteiger partial charge in [-0.1, -0.05) is 54.5 Å². The Morgan fingerprint density at radius 1 is 0.955 bits per heavy atom. The van der Waals surface area contributed by atoms with Gasteiger partial charge in [0.15, 0.2) is 5.82 Å². The number of fused-ring (bicyclic) bond motifs is 1. The molecule has 0 spiro atoms. The van der Waals surface area contributed by atoms with E-state index in [9.17, 15) is 18.0 Å². The minimum atomic E-state index is -4.47. The van der Waals surface area contributed by atoms with Crippen LogP contribution in [0.25, 0.3) is 22.4 Å². The summed E-state index contributed by atoms with van der Waals surface area (Å²) in [6.45, 7) is 5.93. The Labute approximate surface area is 250 Å². The Hall–Kier alpha value is -4.51. The summed E-state index contributed by atoms with van der Waals surface area (Å²) < 4.78 is 67.9. The Morgan fingerprint density at radius 2 is 1.66 bits per heavy atom. The summed E-state index contributed by atoms with van der Waals surface area (Å²) in [5.41, 5.74) is 0.472. The van der Waals surface area contributed by atoms with E-state index in [1.54, 1.807) is 16.8 Å². The molecule has 0 bridgehead atoms. The van der Waals surface area contributed by atoms with Crippen LogP contribution in [0.5, 0.6) is 0 Å². The molecule has 1 aliphatic rings. The van der Waals surface area contributed by atoms with E-state index in [1.165, 1.54) is 18.2 Å². The maximum atomic E-state index is 15.5. The van der Waals surface area contributed by atoms with Gasteiger partial charge >= 0.3 is 6.18 Å². The predicted octanol–water partition coefficient (Wildman–Crippen LogP) is 6.81. The van der Waals surface area contributed by atoms with Crippen molar-refractivity contribution in [3.8, 4) is 11.5 Å². The molecule has 0 amide bonds. The monoisotopic (exact) mass is 606 g/mol. The number of ether oxygens (including phenoxy) is 1. The zero-order chi connectivity index (χ0) is 31.1. The van der Waals surface area contributed by atoms with E-state index in [4.69, 9.17) is 9.26 Å². The van der Waals surface area contributed by atoms with Crippen LogP contribution < -0.4 is 10.3 Å². The highest BCUT2D eigenvalue weighted by atomic mass is 19.4. The first-order valence-corrected chi connectivity index (χ1v) is 14.3. The second-order valence-electron chi connectivity index (χ2n) is 11.1. The number of rotatable bonds is 7. The van der Waals surface area contributed by atoms with Crippen LogP contribution in [-0.4, -0.2) is 41.0 Å². The van der Waals surface area contributed by atoms with Gasteiger partial charge in [-0.05, 0) is 48.7 Å². The molecule has 11 heteroatoms. The summed E-state index contributed by atoms with van der Waals surface area (Å²) in [6, 6.07) is 17.3. The molecule has 1 atom stereocenters. The number of alkyl halides is 3. The summed E-state index contributed by atoms with van der Waals surface area (Å²) in [7, 11) is 0. The molecular weight excluding hydrogens is 576 g/mol. The van der Waals surface area contributed by atoms with Crippen LogP contribution in [-0.2, 0) is 22.9 Å². The zero-order valence-corrected chi connectivity index (χ0v) is 24.2. The van der Waals surface area contributed by atoms with Crippen molar-refractivity contribution in [1.82, 2.24) is 14.7 Å². The first kappa shape index (κ1) is 29.6. The number of pyridine rings is 1. The molecule has 1 aliphatic heterocycles. The van der Waals surface area contributed by atoms with Gasteiger partial charge in [-0.2, -0.15) is 18.2 Å². The van der Waals surface area contributed by atoms with Crippen molar-refractivity contribution in [3.05, 3.63) is 111 Å². The lowest BCUT2D eigenvalue weighted by atomic mass is 9.79. The number of hydrogen-bond donors (Lipinski definition) is 0. The lowest BCUT2D eigenvalue weighted by molar-refractivity contribution is -0.137. The molecule has 6 rings (SSSR count). The van der Waals surface area contributed by atoms with Crippen LogP contribution in [0.2, 0.25) is 0 Å².